The number of anilines is 1. The number of benzene rings is 2. The molecule has 2 unspecified atom stereocenters. The third kappa shape index (κ3) is 4.72. The highest BCUT2D eigenvalue weighted by molar-refractivity contribution is 5.93. The number of methoxy groups -OCH3 is 4. The molecular weight excluding hydrogens is 424 g/mol. The number of amides is 1. The van der Waals surface area contributed by atoms with E-state index in [4.69, 9.17) is 18.9 Å². The summed E-state index contributed by atoms with van der Waals surface area (Å²) in [6, 6.07) is 11.7. The average molecular weight is 453 g/mol. The molecule has 0 aliphatic carbocycles. The zero-order valence-corrected chi connectivity index (χ0v) is 19.2. The van der Waals surface area contributed by atoms with Crippen LogP contribution in [0.3, 0.4) is 0 Å². The highest BCUT2D eigenvalue weighted by Crippen LogP contribution is 2.38. The molecule has 33 heavy (non-hydrogen) atoms. The average Bonchev–Trinajstić information content (AvgIpc) is 2.87. The number of alkyl carbamates (subject to hydrolysis) is 1. The minimum absolute atomic E-state index is 0.110. The summed E-state index contributed by atoms with van der Waals surface area (Å²) in [4.78, 5) is 14.2. The van der Waals surface area contributed by atoms with Crippen LogP contribution >= 0.6 is 0 Å². The number of nitrogens with one attached hydrogen (secondary N) is 1. The molecule has 1 fully saturated rings. The maximum atomic E-state index is 12.0. The lowest BCUT2D eigenvalue weighted by molar-refractivity contribution is 0.164. The Morgan fingerprint density at radius 2 is 1.73 bits per heavy atom. The maximum absolute atomic E-state index is 12.0. The monoisotopic (exact) mass is 452 g/mol. The Bertz CT molecular complexity index is 1120. The zero-order chi connectivity index (χ0) is 23.4. The van der Waals surface area contributed by atoms with Crippen LogP contribution in [0.15, 0.2) is 42.6 Å². The molecule has 0 spiro atoms. The molecule has 0 radical (unpaired) electrons. The van der Waals surface area contributed by atoms with E-state index in [1.807, 2.05) is 24.3 Å². The van der Waals surface area contributed by atoms with Crippen molar-refractivity contribution in [2.75, 3.05) is 46.4 Å². The molecular formula is C24H28N4O5. The quantitative estimate of drug-likeness (QED) is 0.608. The standard InChI is InChI=1S/C24H28N4O5/c1-30-18-7-5-15(6-8-18)16-9-17(26-24(29)33-4)14-28(13-16)21-12-25-27-20-11-23(32-3)22(31-2)10-19(20)21/h5-8,10-12,16-17H,9,13-14H2,1-4H3,(H,26,29). The Labute approximate surface area is 192 Å². The number of aromatic nitrogens is 2. The molecule has 4 rings (SSSR count). The van der Waals surface area contributed by atoms with Crippen LogP contribution in [-0.4, -0.2) is 63.9 Å². The van der Waals surface area contributed by atoms with Crippen molar-refractivity contribution < 1.29 is 23.7 Å². The molecule has 0 bridgehead atoms. The van der Waals surface area contributed by atoms with Gasteiger partial charge in [0, 0.05) is 30.5 Å². The lowest BCUT2D eigenvalue weighted by atomic mass is 9.87. The molecule has 9 nitrogen and oxygen atoms in total. The molecule has 2 aromatic carbocycles. The summed E-state index contributed by atoms with van der Waals surface area (Å²) in [6.45, 7) is 1.36. The molecule has 1 aliphatic heterocycles. The van der Waals surface area contributed by atoms with Crippen molar-refractivity contribution in [2.45, 2.75) is 18.4 Å². The molecule has 2 heterocycles. The molecule has 2 atom stereocenters. The zero-order valence-electron chi connectivity index (χ0n) is 19.2. The van der Waals surface area contributed by atoms with E-state index in [1.165, 1.54) is 12.7 Å². The minimum Gasteiger partial charge on any atom is -0.497 e. The van der Waals surface area contributed by atoms with Gasteiger partial charge in [-0.3, -0.25) is 0 Å². The van der Waals surface area contributed by atoms with Gasteiger partial charge < -0.3 is 29.2 Å². The van der Waals surface area contributed by atoms with Crippen molar-refractivity contribution >= 4 is 22.7 Å². The number of rotatable bonds is 6. The first-order valence-electron chi connectivity index (χ1n) is 10.7. The number of hydrogen-bond donors (Lipinski definition) is 1. The van der Waals surface area contributed by atoms with Gasteiger partial charge in [0.25, 0.3) is 0 Å². The number of hydrogen-bond acceptors (Lipinski definition) is 8. The van der Waals surface area contributed by atoms with Crippen LogP contribution in [-0.2, 0) is 4.74 Å². The number of nitrogens with zero attached hydrogens (tertiary/aromatic N) is 3. The summed E-state index contributed by atoms with van der Waals surface area (Å²) in [5.41, 5.74) is 2.78. The predicted molar refractivity (Wildman–Crippen MR) is 125 cm³/mol. The Kier molecular flexibility index (Phi) is 6.67. The summed E-state index contributed by atoms with van der Waals surface area (Å²) < 4.78 is 21.1. The summed E-state index contributed by atoms with van der Waals surface area (Å²) in [5.74, 6) is 2.19. The molecule has 174 valence electrons. The Hall–Kier alpha value is -3.75. The number of carbonyl (C=O) groups is 1. The first kappa shape index (κ1) is 22.4. The van der Waals surface area contributed by atoms with Gasteiger partial charge in [-0.05, 0) is 30.2 Å². The largest absolute Gasteiger partial charge is 0.497 e. The molecule has 3 aromatic rings. The summed E-state index contributed by atoms with van der Waals surface area (Å²) in [5, 5.41) is 12.4. The van der Waals surface area contributed by atoms with E-state index in [0.717, 1.165) is 29.8 Å². The van der Waals surface area contributed by atoms with Gasteiger partial charge in [-0.25, -0.2) is 4.79 Å². The van der Waals surface area contributed by atoms with Gasteiger partial charge in [-0.15, -0.1) is 0 Å². The van der Waals surface area contributed by atoms with E-state index in [0.29, 0.717) is 23.6 Å². The second kappa shape index (κ2) is 9.81. The molecule has 1 aromatic heterocycles. The van der Waals surface area contributed by atoms with Crippen LogP contribution in [0.2, 0.25) is 0 Å². The van der Waals surface area contributed by atoms with Crippen LogP contribution in [0.25, 0.3) is 10.9 Å². The smallest absolute Gasteiger partial charge is 0.407 e. The van der Waals surface area contributed by atoms with E-state index in [9.17, 15) is 4.79 Å². The van der Waals surface area contributed by atoms with Gasteiger partial charge in [-0.2, -0.15) is 10.2 Å². The maximum Gasteiger partial charge on any atom is 0.407 e. The van der Waals surface area contributed by atoms with Crippen LogP contribution in [0.1, 0.15) is 17.9 Å². The highest BCUT2D eigenvalue weighted by atomic mass is 16.5. The van der Waals surface area contributed by atoms with E-state index in [1.54, 1.807) is 27.5 Å². The van der Waals surface area contributed by atoms with Crippen LogP contribution in [0.4, 0.5) is 10.5 Å². The molecule has 1 amide bonds. The van der Waals surface area contributed by atoms with Crippen molar-refractivity contribution in [1.82, 2.24) is 15.5 Å². The third-order valence-corrected chi connectivity index (χ3v) is 6.01. The topological polar surface area (TPSA) is 95.0 Å². The lowest BCUT2D eigenvalue weighted by Gasteiger charge is -2.39. The van der Waals surface area contributed by atoms with Crippen molar-refractivity contribution in [2.24, 2.45) is 0 Å². The fourth-order valence-electron chi connectivity index (χ4n) is 4.37. The van der Waals surface area contributed by atoms with E-state index in [2.05, 4.69) is 32.5 Å². The van der Waals surface area contributed by atoms with Crippen molar-refractivity contribution in [3.63, 3.8) is 0 Å². The minimum atomic E-state index is -0.445. The van der Waals surface area contributed by atoms with Gasteiger partial charge in [0.2, 0.25) is 0 Å². The number of ether oxygens (including phenoxy) is 4. The van der Waals surface area contributed by atoms with Crippen molar-refractivity contribution in [3.05, 3.63) is 48.2 Å². The molecule has 9 heteroatoms. The van der Waals surface area contributed by atoms with Gasteiger partial charge in [-0.1, -0.05) is 12.1 Å². The molecule has 1 N–H and O–H groups in total. The summed E-state index contributed by atoms with van der Waals surface area (Å²) >= 11 is 0. The van der Waals surface area contributed by atoms with E-state index < -0.39 is 6.09 Å². The second-order valence-corrected chi connectivity index (χ2v) is 7.90. The SMILES string of the molecule is COC(=O)NC1CC(c2ccc(OC)cc2)CN(c2cnnc3cc(OC)c(OC)cc23)C1. The predicted octanol–water partition coefficient (Wildman–Crippen LogP) is 3.37. The summed E-state index contributed by atoms with van der Waals surface area (Å²) in [7, 11) is 6.22. The van der Waals surface area contributed by atoms with Crippen LogP contribution in [0.5, 0.6) is 17.2 Å². The molecule has 1 aliphatic rings. The number of piperidine rings is 1. The fraction of sp³-hybridized carbons (Fsp3) is 0.375. The summed E-state index contributed by atoms with van der Waals surface area (Å²) in [6.07, 6.45) is 2.09. The van der Waals surface area contributed by atoms with Gasteiger partial charge in [0.05, 0.1) is 51.9 Å². The number of fused-ring (bicyclic) bond motifs is 1. The molecule has 0 saturated carbocycles. The Morgan fingerprint density at radius 1 is 1.00 bits per heavy atom. The van der Waals surface area contributed by atoms with Gasteiger partial charge in [0.15, 0.2) is 11.5 Å². The van der Waals surface area contributed by atoms with E-state index in [-0.39, 0.29) is 12.0 Å². The first-order valence-corrected chi connectivity index (χ1v) is 10.7. The number of carbonyl (C=O) groups excluding carboxylic acids is 1. The van der Waals surface area contributed by atoms with Gasteiger partial charge >= 0.3 is 6.09 Å². The first-order chi connectivity index (χ1) is 16.1. The van der Waals surface area contributed by atoms with E-state index >= 15 is 0 Å². The Balaban J connectivity index is 1.72. The second-order valence-electron chi connectivity index (χ2n) is 7.90. The lowest BCUT2D eigenvalue weighted by Crippen LogP contribution is -2.50. The highest BCUT2D eigenvalue weighted by Gasteiger charge is 2.31. The third-order valence-electron chi connectivity index (χ3n) is 6.01. The fourth-order valence-corrected chi connectivity index (χ4v) is 4.37. The Morgan fingerprint density at radius 3 is 2.39 bits per heavy atom. The normalized spacial score (nSPS) is 18.0. The van der Waals surface area contributed by atoms with Crippen molar-refractivity contribution in [1.29, 1.82) is 0 Å². The van der Waals surface area contributed by atoms with Gasteiger partial charge in [0.1, 0.15) is 5.75 Å². The van der Waals surface area contributed by atoms with Crippen LogP contribution in [0, 0.1) is 0 Å². The van der Waals surface area contributed by atoms with Crippen molar-refractivity contribution in [3.8, 4) is 17.2 Å². The van der Waals surface area contributed by atoms with Crippen LogP contribution < -0.4 is 24.4 Å². The molecule has 1 saturated heterocycles.